The molecule has 1 heterocycles. The Morgan fingerprint density at radius 3 is 3.00 bits per heavy atom. The van der Waals surface area contributed by atoms with Crippen LogP contribution < -0.4 is 0 Å². The van der Waals surface area contributed by atoms with Gasteiger partial charge in [-0.1, -0.05) is 28.1 Å². The largest absolute Gasteiger partial charge is 0.299 e. The summed E-state index contributed by atoms with van der Waals surface area (Å²) < 4.78 is 1.27. The van der Waals surface area contributed by atoms with E-state index in [0.29, 0.717) is 6.04 Å². The predicted octanol–water partition coefficient (Wildman–Crippen LogP) is 3.00. The van der Waals surface area contributed by atoms with E-state index in [0.717, 1.165) is 13.0 Å². The van der Waals surface area contributed by atoms with Crippen LogP contribution in [0.1, 0.15) is 24.1 Å². The van der Waals surface area contributed by atoms with Crippen molar-refractivity contribution in [3.8, 4) is 0 Å². The van der Waals surface area contributed by atoms with Crippen LogP contribution in [0, 0.1) is 0 Å². The summed E-state index contributed by atoms with van der Waals surface area (Å²) in [4.78, 5) is 2.40. The van der Waals surface area contributed by atoms with Crippen molar-refractivity contribution >= 4 is 15.9 Å². The number of hydrogen-bond donors (Lipinski definition) is 0. The minimum Gasteiger partial charge on any atom is -0.299 e. The maximum atomic E-state index is 3.61. The number of likely N-dealkylation sites (N-methyl/N-ethyl adjacent to an activating group) is 1. The van der Waals surface area contributed by atoms with Crippen LogP contribution in [0.3, 0.4) is 0 Å². The van der Waals surface area contributed by atoms with Crippen LogP contribution in [0.4, 0.5) is 0 Å². The van der Waals surface area contributed by atoms with Gasteiger partial charge in [-0.2, -0.15) is 0 Å². The van der Waals surface area contributed by atoms with Gasteiger partial charge in [0.05, 0.1) is 0 Å². The second kappa shape index (κ2) is 3.43. The molecular formula is C11H14BrN. The van der Waals surface area contributed by atoms with Crippen molar-refractivity contribution in [2.75, 3.05) is 13.6 Å². The van der Waals surface area contributed by atoms with Gasteiger partial charge in [-0.25, -0.2) is 0 Å². The summed E-state index contributed by atoms with van der Waals surface area (Å²) in [6.45, 7) is 3.43. The zero-order valence-corrected chi connectivity index (χ0v) is 9.63. The first kappa shape index (κ1) is 9.22. The zero-order valence-electron chi connectivity index (χ0n) is 8.05. The quantitative estimate of drug-likeness (QED) is 0.673. The fourth-order valence-corrected chi connectivity index (χ4v) is 2.53. The summed E-state index contributed by atoms with van der Waals surface area (Å²) >= 11 is 3.61. The Hall–Kier alpha value is -0.340. The van der Waals surface area contributed by atoms with Crippen molar-refractivity contribution in [1.82, 2.24) is 4.90 Å². The molecule has 0 spiro atoms. The van der Waals surface area contributed by atoms with E-state index < -0.39 is 0 Å². The van der Waals surface area contributed by atoms with E-state index in [1.165, 1.54) is 15.6 Å². The molecule has 1 nitrogen and oxygen atoms in total. The maximum absolute atomic E-state index is 3.61. The van der Waals surface area contributed by atoms with E-state index in [4.69, 9.17) is 0 Å². The molecule has 0 aromatic heterocycles. The maximum Gasteiger partial charge on any atom is 0.0320 e. The van der Waals surface area contributed by atoms with Crippen molar-refractivity contribution in [2.24, 2.45) is 0 Å². The molecular weight excluding hydrogens is 226 g/mol. The second-order valence-electron chi connectivity index (χ2n) is 3.71. The molecule has 0 radical (unpaired) electrons. The number of nitrogens with zero attached hydrogens (tertiary/aromatic N) is 1. The van der Waals surface area contributed by atoms with Crippen LogP contribution in [0.5, 0.6) is 0 Å². The van der Waals surface area contributed by atoms with Crippen molar-refractivity contribution in [3.63, 3.8) is 0 Å². The molecule has 2 heteroatoms. The minimum atomic E-state index is 0.557. The monoisotopic (exact) mass is 239 g/mol. The van der Waals surface area contributed by atoms with Crippen LogP contribution in [-0.4, -0.2) is 18.5 Å². The first-order valence-corrected chi connectivity index (χ1v) is 5.47. The lowest BCUT2D eigenvalue weighted by Gasteiger charge is -2.32. The van der Waals surface area contributed by atoms with Gasteiger partial charge in [0.25, 0.3) is 0 Å². The molecule has 1 aliphatic heterocycles. The summed E-state index contributed by atoms with van der Waals surface area (Å²) in [5.41, 5.74) is 2.97. The average Bonchev–Trinajstić information content (AvgIpc) is 2.12. The van der Waals surface area contributed by atoms with Crippen LogP contribution in [0.25, 0.3) is 0 Å². The first-order valence-electron chi connectivity index (χ1n) is 4.67. The van der Waals surface area contributed by atoms with Crippen molar-refractivity contribution in [1.29, 1.82) is 0 Å². The molecule has 1 atom stereocenters. The second-order valence-corrected chi connectivity index (χ2v) is 4.57. The summed E-state index contributed by atoms with van der Waals surface area (Å²) in [7, 11) is 2.19. The molecule has 70 valence electrons. The third-order valence-electron chi connectivity index (χ3n) is 2.98. The minimum absolute atomic E-state index is 0.557. The Balaban J connectivity index is 2.49. The van der Waals surface area contributed by atoms with E-state index in [1.54, 1.807) is 0 Å². The van der Waals surface area contributed by atoms with Crippen molar-refractivity contribution in [3.05, 3.63) is 33.8 Å². The summed E-state index contributed by atoms with van der Waals surface area (Å²) in [5, 5.41) is 0. The predicted molar refractivity (Wildman–Crippen MR) is 58.9 cm³/mol. The molecule has 1 aromatic rings. The van der Waals surface area contributed by atoms with Crippen LogP contribution in [0.2, 0.25) is 0 Å². The lowest BCUT2D eigenvalue weighted by molar-refractivity contribution is 0.247. The molecule has 0 saturated heterocycles. The van der Waals surface area contributed by atoms with Gasteiger partial charge in [-0.15, -0.1) is 0 Å². The smallest absolute Gasteiger partial charge is 0.0320 e. The highest BCUT2D eigenvalue weighted by Gasteiger charge is 2.21. The zero-order chi connectivity index (χ0) is 9.42. The third kappa shape index (κ3) is 1.53. The molecule has 0 saturated carbocycles. The lowest BCUT2D eigenvalue weighted by Crippen LogP contribution is -2.30. The van der Waals surface area contributed by atoms with Crippen LogP contribution in [-0.2, 0) is 6.42 Å². The summed E-state index contributed by atoms with van der Waals surface area (Å²) in [6, 6.07) is 7.05. The summed E-state index contributed by atoms with van der Waals surface area (Å²) in [6.07, 6.45) is 1.16. The van der Waals surface area contributed by atoms with Gasteiger partial charge >= 0.3 is 0 Å². The molecule has 0 amide bonds. The number of fused-ring (bicyclic) bond motifs is 1. The van der Waals surface area contributed by atoms with Crippen LogP contribution in [0.15, 0.2) is 22.7 Å². The summed E-state index contributed by atoms with van der Waals surface area (Å²) in [5.74, 6) is 0. The van der Waals surface area contributed by atoms with Crippen LogP contribution >= 0.6 is 15.9 Å². The molecule has 1 aliphatic rings. The van der Waals surface area contributed by atoms with E-state index in [9.17, 15) is 0 Å². The van der Waals surface area contributed by atoms with Gasteiger partial charge in [0.1, 0.15) is 0 Å². The molecule has 0 aliphatic carbocycles. The number of halogens is 1. The fraction of sp³-hybridized carbons (Fsp3) is 0.455. The molecule has 0 bridgehead atoms. The van der Waals surface area contributed by atoms with E-state index in [1.807, 2.05) is 0 Å². The van der Waals surface area contributed by atoms with Gasteiger partial charge in [-0.3, -0.25) is 4.90 Å². The van der Waals surface area contributed by atoms with E-state index >= 15 is 0 Å². The Kier molecular flexibility index (Phi) is 2.43. The first-order chi connectivity index (χ1) is 6.20. The highest BCUT2D eigenvalue weighted by Crippen LogP contribution is 2.32. The van der Waals surface area contributed by atoms with Gasteiger partial charge in [0.15, 0.2) is 0 Å². The Bertz CT molecular complexity index is 322. The molecule has 13 heavy (non-hydrogen) atoms. The van der Waals surface area contributed by atoms with Gasteiger partial charge in [-0.05, 0) is 37.6 Å². The fourth-order valence-electron chi connectivity index (χ4n) is 1.95. The number of rotatable bonds is 0. The molecule has 0 N–H and O–H groups in total. The average molecular weight is 240 g/mol. The molecule has 1 unspecified atom stereocenters. The molecule has 0 fully saturated rings. The number of hydrogen-bond acceptors (Lipinski definition) is 1. The third-order valence-corrected chi connectivity index (χ3v) is 3.72. The van der Waals surface area contributed by atoms with E-state index in [-0.39, 0.29) is 0 Å². The van der Waals surface area contributed by atoms with Crippen molar-refractivity contribution < 1.29 is 0 Å². The SMILES string of the molecule is CC1c2cccc(Br)c2CCN1C. The van der Waals surface area contributed by atoms with Gasteiger partial charge in [0.2, 0.25) is 0 Å². The normalized spacial score (nSPS) is 22.8. The van der Waals surface area contributed by atoms with E-state index in [2.05, 4.69) is 53.0 Å². The molecule has 1 aromatic carbocycles. The lowest BCUT2D eigenvalue weighted by atomic mass is 9.94. The highest BCUT2D eigenvalue weighted by atomic mass is 79.9. The van der Waals surface area contributed by atoms with Gasteiger partial charge < -0.3 is 0 Å². The Morgan fingerprint density at radius 1 is 1.46 bits per heavy atom. The molecule has 2 rings (SSSR count). The van der Waals surface area contributed by atoms with Gasteiger partial charge in [0, 0.05) is 17.1 Å². The Morgan fingerprint density at radius 2 is 2.23 bits per heavy atom. The topological polar surface area (TPSA) is 3.24 Å². The number of benzene rings is 1. The highest BCUT2D eigenvalue weighted by molar-refractivity contribution is 9.10. The Labute approximate surface area is 87.9 Å². The standard InChI is InChI=1S/C11H14BrN/c1-8-9-4-3-5-11(12)10(9)6-7-13(8)2/h3-5,8H,6-7H2,1-2H3. The van der Waals surface area contributed by atoms with Crippen molar-refractivity contribution in [2.45, 2.75) is 19.4 Å².